The maximum atomic E-state index is 11.8. The van der Waals surface area contributed by atoms with Gasteiger partial charge >= 0.3 is 0 Å². The number of aryl methyl sites for hydroxylation is 1. The summed E-state index contributed by atoms with van der Waals surface area (Å²) in [5, 5.41) is 9.70. The van der Waals surface area contributed by atoms with E-state index in [-0.39, 0.29) is 17.5 Å². The van der Waals surface area contributed by atoms with E-state index in [0.717, 1.165) is 18.4 Å². The molecule has 0 unspecified atom stereocenters. The van der Waals surface area contributed by atoms with Crippen LogP contribution in [0.4, 0.5) is 0 Å². The average Bonchev–Trinajstić information content (AvgIpc) is 2.93. The van der Waals surface area contributed by atoms with Gasteiger partial charge in [-0.25, -0.2) is 0 Å². The van der Waals surface area contributed by atoms with Crippen molar-refractivity contribution >= 4 is 21.7 Å². The Morgan fingerprint density at radius 3 is 2.71 bits per heavy atom. The van der Waals surface area contributed by atoms with Crippen molar-refractivity contribution in [2.45, 2.75) is 19.8 Å². The Morgan fingerprint density at radius 2 is 2.14 bits per heavy atom. The molecule has 14 heavy (non-hydrogen) atoms. The van der Waals surface area contributed by atoms with E-state index in [1.807, 2.05) is 6.92 Å². The quantitative estimate of drug-likeness (QED) is 0.824. The van der Waals surface area contributed by atoms with E-state index < -0.39 is 0 Å². The number of carbonyl (C=O) groups is 1. The first kappa shape index (κ1) is 9.71. The van der Waals surface area contributed by atoms with Gasteiger partial charge in [0.1, 0.15) is 5.75 Å². The van der Waals surface area contributed by atoms with Crippen LogP contribution in [0.15, 0.2) is 16.6 Å². The summed E-state index contributed by atoms with van der Waals surface area (Å²) in [4.78, 5) is 11.8. The molecule has 3 heteroatoms. The molecule has 0 aliphatic heterocycles. The Bertz CT molecular complexity index is 395. The Kier molecular flexibility index (Phi) is 2.35. The average molecular weight is 255 g/mol. The molecule has 0 aromatic heterocycles. The van der Waals surface area contributed by atoms with Gasteiger partial charge in [0.05, 0.1) is 10.0 Å². The Morgan fingerprint density at radius 1 is 1.50 bits per heavy atom. The third-order valence-corrected chi connectivity index (χ3v) is 3.03. The highest BCUT2D eigenvalue weighted by Crippen LogP contribution is 2.37. The number of halogens is 1. The predicted molar refractivity (Wildman–Crippen MR) is 57.6 cm³/mol. The summed E-state index contributed by atoms with van der Waals surface area (Å²) in [7, 11) is 0. The van der Waals surface area contributed by atoms with Crippen LogP contribution in [0.3, 0.4) is 0 Å². The molecular formula is C11H11BrO2. The zero-order valence-corrected chi connectivity index (χ0v) is 9.47. The topological polar surface area (TPSA) is 37.3 Å². The van der Waals surface area contributed by atoms with Crippen molar-refractivity contribution in [1.29, 1.82) is 0 Å². The monoisotopic (exact) mass is 254 g/mol. The third-order valence-electron chi connectivity index (χ3n) is 2.42. The van der Waals surface area contributed by atoms with Gasteiger partial charge in [-0.2, -0.15) is 0 Å². The molecule has 0 amide bonds. The van der Waals surface area contributed by atoms with Crippen molar-refractivity contribution < 1.29 is 9.90 Å². The first-order valence-electron chi connectivity index (χ1n) is 4.63. The van der Waals surface area contributed by atoms with Gasteiger partial charge in [-0.1, -0.05) is 0 Å². The number of hydrogen-bond donors (Lipinski definition) is 1. The molecule has 1 saturated carbocycles. The van der Waals surface area contributed by atoms with E-state index >= 15 is 0 Å². The highest BCUT2D eigenvalue weighted by atomic mass is 79.9. The van der Waals surface area contributed by atoms with E-state index in [1.165, 1.54) is 0 Å². The fourth-order valence-electron chi connectivity index (χ4n) is 1.49. The van der Waals surface area contributed by atoms with E-state index in [0.29, 0.717) is 10.0 Å². The van der Waals surface area contributed by atoms with E-state index in [9.17, 15) is 9.90 Å². The molecular weight excluding hydrogens is 244 g/mol. The zero-order valence-electron chi connectivity index (χ0n) is 7.88. The summed E-state index contributed by atoms with van der Waals surface area (Å²) in [6.45, 7) is 1.91. The third kappa shape index (κ3) is 1.69. The number of Topliss-reactive ketones (excluding diaryl/α,β-unsaturated/α-hetero) is 1. The summed E-state index contributed by atoms with van der Waals surface area (Å²) < 4.78 is 0.599. The van der Waals surface area contributed by atoms with Gasteiger partial charge < -0.3 is 5.11 Å². The van der Waals surface area contributed by atoms with Gasteiger partial charge in [0.15, 0.2) is 5.78 Å². The molecule has 0 spiro atoms. The number of benzene rings is 1. The lowest BCUT2D eigenvalue weighted by Crippen LogP contribution is -2.02. The molecule has 1 aliphatic rings. The van der Waals surface area contributed by atoms with Gasteiger partial charge in [-0.3, -0.25) is 4.79 Å². The molecule has 0 bridgehead atoms. The Hall–Kier alpha value is -0.830. The van der Waals surface area contributed by atoms with E-state index in [2.05, 4.69) is 15.9 Å². The zero-order chi connectivity index (χ0) is 10.3. The number of ketones is 1. The fourth-order valence-corrected chi connectivity index (χ4v) is 2.06. The van der Waals surface area contributed by atoms with Crippen molar-refractivity contribution in [2.75, 3.05) is 0 Å². The second-order valence-corrected chi connectivity index (χ2v) is 4.64. The number of carbonyl (C=O) groups excluding carboxylic acids is 1. The summed E-state index contributed by atoms with van der Waals surface area (Å²) in [6, 6.07) is 3.56. The molecule has 1 N–H and O–H groups in total. The van der Waals surface area contributed by atoms with Crippen LogP contribution in [-0.2, 0) is 0 Å². The molecule has 1 aromatic rings. The van der Waals surface area contributed by atoms with Gasteiger partial charge in [-0.15, -0.1) is 0 Å². The van der Waals surface area contributed by atoms with Gasteiger partial charge in [0.2, 0.25) is 0 Å². The van der Waals surface area contributed by atoms with Crippen molar-refractivity contribution in [3.05, 3.63) is 27.7 Å². The second kappa shape index (κ2) is 3.39. The lowest BCUT2D eigenvalue weighted by atomic mass is 10.0. The summed E-state index contributed by atoms with van der Waals surface area (Å²) in [5.74, 6) is 0.300. The maximum Gasteiger partial charge on any atom is 0.169 e. The highest BCUT2D eigenvalue weighted by Gasteiger charge is 2.32. The minimum Gasteiger partial charge on any atom is -0.506 e. The molecule has 1 aromatic carbocycles. The maximum absolute atomic E-state index is 11.8. The van der Waals surface area contributed by atoms with Crippen LogP contribution in [0, 0.1) is 12.8 Å². The molecule has 0 atom stereocenters. The van der Waals surface area contributed by atoms with Gasteiger partial charge in [0.25, 0.3) is 0 Å². The standard InChI is InChI=1S/C11H11BrO2/c1-6-4-8(10(13)7-2-3-7)11(14)9(12)5-6/h4-5,7,14H,2-3H2,1H3. The van der Waals surface area contributed by atoms with Crippen molar-refractivity contribution in [3.8, 4) is 5.75 Å². The Labute approximate surface area is 91.1 Å². The van der Waals surface area contributed by atoms with Gasteiger partial charge in [0, 0.05) is 5.92 Å². The number of aromatic hydroxyl groups is 1. The largest absolute Gasteiger partial charge is 0.506 e. The second-order valence-electron chi connectivity index (χ2n) is 3.78. The van der Waals surface area contributed by atoms with Crippen LogP contribution in [0.2, 0.25) is 0 Å². The Balaban J connectivity index is 2.45. The number of phenolic OH excluding ortho intramolecular Hbond substituents is 1. The first-order chi connectivity index (χ1) is 6.59. The van der Waals surface area contributed by atoms with Crippen LogP contribution < -0.4 is 0 Å². The van der Waals surface area contributed by atoms with Crippen LogP contribution in [0.1, 0.15) is 28.8 Å². The van der Waals surface area contributed by atoms with Crippen LogP contribution in [0.5, 0.6) is 5.75 Å². The number of rotatable bonds is 2. The lowest BCUT2D eigenvalue weighted by molar-refractivity contribution is 0.0965. The van der Waals surface area contributed by atoms with E-state index in [4.69, 9.17) is 0 Å². The highest BCUT2D eigenvalue weighted by molar-refractivity contribution is 9.10. The minimum absolute atomic E-state index is 0.0758. The number of hydrogen-bond acceptors (Lipinski definition) is 2. The predicted octanol–water partition coefficient (Wildman–Crippen LogP) is 3.06. The number of phenols is 1. The normalized spacial score (nSPS) is 15.6. The van der Waals surface area contributed by atoms with Gasteiger partial charge in [-0.05, 0) is 53.4 Å². The SMILES string of the molecule is Cc1cc(Br)c(O)c(C(=O)C2CC2)c1. The lowest BCUT2D eigenvalue weighted by Gasteiger charge is -2.06. The summed E-state index contributed by atoms with van der Waals surface area (Å²) in [5.41, 5.74) is 1.44. The minimum atomic E-state index is 0.0758. The first-order valence-corrected chi connectivity index (χ1v) is 5.42. The van der Waals surface area contributed by atoms with Crippen molar-refractivity contribution in [2.24, 2.45) is 5.92 Å². The van der Waals surface area contributed by atoms with Crippen molar-refractivity contribution in [3.63, 3.8) is 0 Å². The molecule has 1 fully saturated rings. The molecule has 1 aliphatic carbocycles. The molecule has 74 valence electrons. The van der Waals surface area contributed by atoms with Crippen LogP contribution in [0.25, 0.3) is 0 Å². The van der Waals surface area contributed by atoms with Crippen molar-refractivity contribution in [1.82, 2.24) is 0 Å². The molecule has 2 rings (SSSR count). The fraction of sp³-hybridized carbons (Fsp3) is 0.364. The molecule has 0 radical (unpaired) electrons. The summed E-state index contributed by atoms with van der Waals surface area (Å²) >= 11 is 3.23. The molecule has 0 heterocycles. The van der Waals surface area contributed by atoms with Crippen LogP contribution in [-0.4, -0.2) is 10.9 Å². The van der Waals surface area contributed by atoms with E-state index in [1.54, 1.807) is 12.1 Å². The summed E-state index contributed by atoms with van der Waals surface area (Å²) in [6.07, 6.45) is 1.92. The molecule has 2 nitrogen and oxygen atoms in total. The smallest absolute Gasteiger partial charge is 0.169 e. The molecule has 0 saturated heterocycles. The van der Waals surface area contributed by atoms with Crippen LogP contribution >= 0.6 is 15.9 Å².